The summed E-state index contributed by atoms with van der Waals surface area (Å²) in [5.41, 5.74) is 7.07. The highest BCUT2D eigenvalue weighted by molar-refractivity contribution is 5.79. The Bertz CT molecular complexity index is 444. The summed E-state index contributed by atoms with van der Waals surface area (Å²) < 4.78 is 1.80. The standard InChI is InChI=1S/C8H9N5/c9-7(10)3-6-1-2-8-12-11-5-13(8)4-6/h1-2,4-5H,3H2,(H3,9,10). The van der Waals surface area contributed by atoms with Crippen molar-refractivity contribution in [2.75, 3.05) is 0 Å². The Kier molecular flexibility index (Phi) is 1.70. The fourth-order valence-corrected chi connectivity index (χ4v) is 1.20. The van der Waals surface area contributed by atoms with Crippen molar-refractivity contribution in [3.8, 4) is 0 Å². The Balaban J connectivity index is 2.42. The van der Waals surface area contributed by atoms with E-state index >= 15 is 0 Å². The Morgan fingerprint density at radius 1 is 1.54 bits per heavy atom. The molecular weight excluding hydrogens is 166 g/mol. The Morgan fingerprint density at radius 2 is 2.38 bits per heavy atom. The fraction of sp³-hybridized carbons (Fsp3) is 0.125. The van der Waals surface area contributed by atoms with Crippen LogP contribution in [0.15, 0.2) is 24.7 Å². The molecule has 5 heteroatoms. The minimum Gasteiger partial charge on any atom is -0.387 e. The summed E-state index contributed by atoms with van der Waals surface area (Å²) in [5, 5.41) is 14.8. The fourth-order valence-electron chi connectivity index (χ4n) is 1.20. The highest BCUT2D eigenvalue weighted by Crippen LogP contribution is 2.03. The second-order valence-electron chi connectivity index (χ2n) is 2.84. The van der Waals surface area contributed by atoms with Gasteiger partial charge < -0.3 is 5.73 Å². The van der Waals surface area contributed by atoms with Gasteiger partial charge in [-0.1, -0.05) is 6.07 Å². The lowest BCUT2D eigenvalue weighted by atomic mass is 10.2. The van der Waals surface area contributed by atoms with Crippen molar-refractivity contribution in [2.24, 2.45) is 5.73 Å². The van der Waals surface area contributed by atoms with E-state index < -0.39 is 0 Å². The Labute approximate surface area is 74.7 Å². The predicted octanol–water partition coefficient (Wildman–Crippen LogP) is 0.208. The zero-order valence-corrected chi connectivity index (χ0v) is 6.94. The maximum Gasteiger partial charge on any atom is 0.160 e. The third-order valence-corrected chi connectivity index (χ3v) is 1.75. The third kappa shape index (κ3) is 1.48. The maximum absolute atomic E-state index is 7.14. The summed E-state index contributed by atoms with van der Waals surface area (Å²) in [6.45, 7) is 0. The number of nitrogens with one attached hydrogen (secondary N) is 1. The van der Waals surface area contributed by atoms with E-state index in [1.54, 1.807) is 10.7 Å². The maximum atomic E-state index is 7.14. The molecule has 2 aromatic rings. The number of pyridine rings is 1. The van der Waals surface area contributed by atoms with Gasteiger partial charge in [0.05, 0.1) is 5.84 Å². The largest absolute Gasteiger partial charge is 0.387 e. The van der Waals surface area contributed by atoms with Crippen molar-refractivity contribution in [3.05, 3.63) is 30.2 Å². The van der Waals surface area contributed by atoms with E-state index in [-0.39, 0.29) is 5.84 Å². The molecule has 0 spiro atoms. The smallest absolute Gasteiger partial charge is 0.160 e. The number of fused-ring (bicyclic) bond motifs is 1. The molecule has 13 heavy (non-hydrogen) atoms. The van der Waals surface area contributed by atoms with Crippen LogP contribution < -0.4 is 5.73 Å². The van der Waals surface area contributed by atoms with Gasteiger partial charge in [-0.15, -0.1) is 10.2 Å². The number of nitrogens with two attached hydrogens (primary N) is 1. The lowest BCUT2D eigenvalue weighted by molar-refractivity contribution is 1.09. The zero-order valence-electron chi connectivity index (χ0n) is 6.94. The van der Waals surface area contributed by atoms with Gasteiger partial charge in [-0.2, -0.15) is 0 Å². The summed E-state index contributed by atoms with van der Waals surface area (Å²) in [6.07, 6.45) is 3.96. The predicted molar refractivity (Wildman–Crippen MR) is 48.6 cm³/mol. The molecule has 0 bridgehead atoms. The van der Waals surface area contributed by atoms with E-state index in [9.17, 15) is 0 Å². The summed E-state index contributed by atoms with van der Waals surface area (Å²) in [5.74, 6) is 0.160. The van der Waals surface area contributed by atoms with E-state index in [2.05, 4.69) is 10.2 Å². The molecule has 0 radical (unpaired) electrons. The molecule has 0 aliphatic rings. The lowest BCUT2D eigenvalue weighted by Crippen LogP contribution is -2.12. The van der Waals surface area contributed by atoms with Crippen LogP contribution >= 0.6 is 0 Å². The van der Waals surface area contributed by atoms with Crippen LogP contribution in [0.2, 0.25) is 0 Å². The number of hydrogen-bond acceptors (Lipinski definition) is 3. The van der Waals surface area contributed by atoms with Crippen molar-refractivity contribution in [1.29, 1.82) is 5.41 Å². The number of aromatic nitrogens is 3. The molecular formula is C8H9N5. The first-order chi connectivity index (χ1) is 6.25. The summed E-state index contributed by atoms with van der Waals surface area (Å²) in [7, 11) is 0. The van der Waals surface area contributed by atoms with Crippen LogP contribution in [-0.4, -0.2) is 20.4 Å². The van der Waals surface area contributed by atoms with E-state index in [0.717, 1.165) is 11.2 Å². The Morgan fingerprint density at radius 3 is 3.15 bits per heavy atom. The molecule has 0 saturated carbocycles. The topological polar surface area (TPSA) is 80.1 Å². The molecule has 0 fully saturated rings. The van der Waals surface area contributed by atoms with Gasteiger partial charge in [-0.05, 0) is 11.6 Å². The van der Waals surface area contributed by atoms with Gasteiger partial charge in [0.15, 0.2) is 5.65 Å². The quantitative estimate of drug-likeness (QED) is 0.505. The minimum absolute atomic E-state index is 0.160. The lowest BCUT2D eigenvalue weighted by Gasteiger charge is -1.99. The molecule has 0 aromatic carbocycles. The van der Waals surface area contributed by atoms with Crippen molar-refractivity contribution < 1.29 is 0 Å². The van der Waals surface area contributed by atoms with Gasteiger partial charge in [0.2, 0.25) is 0 Å². The molecule has 2 rings (SSSR count). The number of amidine groups is 1. The van der Waals surface area contributed by atoms with Gasteiger partial charge in [0, 0.05) is 12.6 Å². The van der Waals surface area contributed by atoms with Gasteiger partial charge in [0.1, 0.15) is 6.33 Å². The molecule has 5 nitrogen and oxygen atoms in total. The molecule has 2 aromatic heterocycles. The normalized spacial score (nSPS) is 10.5. The summed E-state index contributed by atoms with van der Waals surface area (Å²) in [6, 6.07) is 3.75. The minimum atomic E-state index is 0.160. The summed E-state index contributed by atoms with van der Waals surface area (Å²) >= 11 is 0. The number of rotatable bonds is 2. The molecule has 66 valence electrons. The van der Waals surface area contributed by atoms with Crippen molar-refractivity contribution in [1.82, 2.24) is 14.6 Å². The average molecular weight is 175 g/mol. The number of hydrogen-bond donors (Lipinski definition) is 2. The molecule has 0 atom stereocenters. The average Bonchev–Trinajstić information content (AvgIpc) is 2.49. The van der Waals surface area contributed by atoms with Crippen LogP contribution in [-0.2, 0) is 6.42 Å². The highest BCUT2D eigenvalue weighted by Gasteiger charge is 1.98. The van der Waals surface area contributed by atoms with E-state index in [1.807, 2.05) is 18.3 Å². The van der Waals surface area contributed by atoms with E-state index in [0.29, 0.717) is 6.42 Å². The van der Waals surface area contributed by atoms with Gasteiger partial charge >= 0.3 is 0 Å². The Hall–Kier alpha value is -1.91. The highest BCUT2D eigenvalue weighted by atomic mass is 15.2. The third-order valence-electron chi connectivity index (χ3n) is 1.75. The van der Waals surface area contributed by atoms with Crippen LogP contribution in [0.4, 0.5) is 0 Å². The second kappa shape index (κ2) is 2.85. The number of nitrogens with zero attached hydrogens (tertiary/aromatic N) is 3. The molecule has 0 aliphatic carbocycles. The van der Waals surface area contributed by atoms with Crippen molar-refractivity contribution in [3.63, 3.8) is 0 Å². The van der Waals surface area contributed by atoms with Crippen molar-refractivity contribution >= 4 is 11.5 Å². The molecule has 0 unspecified atom stereocenters. The van der Waals surface area contributed by atoms with Crippen molar-refractivity contribution in [2.45, 2.75) is 6.42 Å². The van der Waals surface area contributed by atoms with Crippen LogP contribution in [0.1, 0.15) is 5.56 Å². The van der Waals surface area contributed by atoms with Gasteiger partial charge in [-0.3, -0.25) is 9.81 Å². The van der Waals surface area contributed by atoms with E-state index in [4.69, 9.17) is 11.1 Å². The zero-order chi connectivity index (χ0) is 9.26. The van der Waals surface area contributed by atoms with Crippen LogP contribution in [0, 0.1) is 5.41 Å². The van der Waals surface area contributed by atoms with E-state index in [1.165, 1.54) is 0 Å². The van der Waals surface area contributed by atoms with Crippen LogP contribution in [0.3, 0.4) is 0 Å². The van der Waals surface area contributed by atoms with Crippen LogP contribution in [0.25, 0.3) is 5.65 Å². The molecule has 0 saturated heterocycles. The van der Waals surface area contributed by atoms with Gasteiger partial charge in [0.25, 0.3) is 0 Å². The van der Waals surface area contributed by atoms with Gasteiger partial charge in [-0.25, -0.2) is 0 Å². The first-order valence-electron chi connectivity index (χ1n) is 3.87. The first-order valence-corrected chi connectivity index (χ1v) is 3.87. The second-order valence-corrected chi connectivity index (χ2v) is 2.84. The summed E-state index contributed by atoms with van der Waals surface area (Å²) in [4.78, 5) is 0. The molecule has 3 N–H and O–H groups in total. The molecule has 2 heterocycles. The SMILES string of the molecule is N=C(N)Cc1ccc2nncn2c1. The molecule has 0 aliphatic heterocycles. The monoisotopic (exact) mass is 175 g/mol. The van der Waals surface area contributed by atoms with Crippen LogP contribution in [0.5, 0.6) is 0 Å². The first kappa shape index (κ1) is 7.72. The molecule has 0 amide bonds.